The molecule has 2 heteroatoms. The molecule has 0 saturated carbocycles. The molecule has 1 aromatic carbocycles. The highest BCUT2D eigenvalue weighted by molar-refractivity contribution is 6.19. The fourth-order valence-electron chi connectivity index (χ4n) is 0.818. The molecule has 0 bridgehead atoms. The van der Waals surface area contributed by atoms with Gasteiger partial charge in [0, 0.05) is 5.56 Å². The molecule has 0 fully saturated rings. The number of rotatable bonds is 0. The summed E-state index contributed by atoms with van der Waals surface area (Å²) in [5, 5.41) is 8.67. The minimum Gasteiger partial charge on any atom is -0.192 e. The lowest BCUT2D eigenvalue weighted by molar-refractivity contribution is 1.47. The van der Waals surface area contributed by atoms with E-state index in [4.69, 9.17) is 16.9 Å². The Morgan fingerprint density at radius 2 is 1.92 bits per heavy atom. The molecule has 0 amide bonds. The van der Waals surface area contributed by atoms with Crippen LogP contribution >= 0.6 is 11.6 Å². The highest BCUT2D eigenvalue weighted by Crippen LogP contribution is 2.04. The molecule has 0 aliphatic carbocycles. The van der Waals surface area contributed by atoms with E-state index in [2.05, 4.69) is 17.9 Å². The topological polar surface area (TPSA) is 23.8 Å². The first-order chi connectivity index (χ1) is 5.88. The molecule has 0 saturated heterocycles. The van der Waals surface area contributed by atoms with Crippen LogP contribution in [0, 0.1) is 23.2 Å². The molecule has 0 aliphatic rings. The highest BCUT2D eigenvalue weighted by atomic mass is 35.5. The SMILES string of the molecule is N#Cc1ccccc1C#CCCl. The summed E-state index contributed by atoms with van der Waals surface area (Å²) in [5.74, 6) is 5.80. The van der Waals surface area contributed by atoms with Crippen LogP contribution < -0.4 is 0 Å². The Kier molecular flexibility index (Phi) is 3.20. The summed E-state index contributed by atoms with van der Waals surface area (Å²) >= 11 is 5.39. The van der Waals surface area contributed by atoms with Crippen LogP contribution in [0.1, 0.15) is 11.1 Å². The van der Waals surface area contributed by atoms with Gasteiger partial charge in [-0.2, -0.15) is 5.26 Å². The molecule has 0 heterocycles. The molecule has 0 N–H and O–H groups in total. The zero-order chi connectivity index (χ0) is 8.81. The molecule has 1 aromatic rings. The van der Waals surface area contributed by atoms with Crippen LogP contribution in [-0.2, 0) is 0 Å². The Bertz CT molecular complexity index is 365. The number of nitriles is 1. The van der Waals surface area contributed by atoms with Gasteiger partial charge >= 0.3 is 0 Å². The minimum atomic E-state index is 0.291. The van der Waals surface area contributed by atoms with Gasteiger partial charge in [0.05, 0.1) is 11.4 Å². The minimum absolute atomic E-state index is 0.291. The van der Waals surface area contributed by atoms with Crippen LogP contribution in [0.15, 0.2) is 24.3 Å². The number of benzene rings is 1. The first-order valence-electron chi connectivity index (χ1n) is 3.42. The van der Waals surface area contributed by atoms with Gasteiger partial charge in [0.2, 0.25) is 0 Å². The average molecular weight is 176 g/mol. The van der Waals surface area contributed by atoms with Crippen LogP contribution in [0.5, 0.6) is 0 Å². The first kappa shape index (κ1) is 8.65. The van der Waals surface area contributed by atoms with E-state index >= 15 is 0 Å². The zero-order valence-corrected chi connectivity index (χ0v) is 7.10. The van der Waals surface area contributed by atoms with Gasteiger partial charge in [0.25, 0.3) is 0 Å². The summed E-state index contributed by atoms with van der Waals surface area (Å²) < 4.78 is 0. The summed E-state index contributed by atoms with van der Waals surface area (Å²) in [7, 11) is 0. The maximum Gasteiger partial charge on any atom is 0.100 e. The third kappa shape index (κ3) is 2.02. The van der Waals surface area contributed by atoms with Crippen molar-refractivity contribution in [1.82, 2.24) is 0 Å². The van der Waals surface area contributed by atoms with Gasteiger partial charge in [-0.05, 0) is 12.1 Å². The molecule has 0 aliphatic heterocycles. The summed E-state index contributed by atoms with van der Waals surface area (Å²) in [6.45, 7) is 0. The Morgan fingerprint density at radius 1 is 1.25 bits per heavy atom. The molecular formula is C10H6ClN. The van der Waals surface area contributed by atoms with Gasteiger partial charge in [-0.3, -0.25) is 0 Å². The summed E-state index contributed by atoms with van der Waals surface area (Å²) in [5.41, 5.74) is 1.33. The van der Waals surface area contributed by atoms with Crippen molar-refractivity contribution in [2.45, 2.75) is 0 Å². The molecule has 58 valence electrons. The Morgan fingerprint density at radius 3 is 2.50 bits per heavy atom. The van der Waals surface area contributed by atoms with Crippen LogP contribution in [0.3, 0.4) is 0 Å². The van der Waals surface area contributed by atoms with Gasteiger partial charge in [-0.1, -0.05) is 24.0 Å². The van der Waals surface area contributed by atoms with Crippen LogP contribution in [0.2, 0.25) is 0 Å². The van der Waals surface area contributed by atoms with E-state index in [1.165, 1.54) is 0 Å². The lowest BCUT2D eigenvalue weighted by Crippen LogP contribution is -1.81. The van der Waals surface area contributed by atoms with E-state index in [0.717, 1.165) is 5.56 Å². The molecule has 0 unspecified atom stereocenters. The molecule has 1 nitrogen and oxygen atoms in total. The van der Waals surface area contributed by atoms with Crippen molar-refractivity contribution in [2.24, 2.45) is 0 Å². The van der Waals surface area contributed by atoms with Gasteiger partial charge < -0.3 is 0 Å². The van der Waals surface area contributed by atoms with Crippen molar-refractivity contribution in [3.63, 3.8) is 0 Å². The van der Waals surface area contributed by atoms with Gasteiger partial charge in [-0.15, -0.1) is 11.6 Å². The standard InChI is InChI=1S/C10H6ClN/c11-7-3-6-9-4-1-2-5-10(9)8-12/h1-2,4-5H,7H2. The van der Waals surface area contributed by atoms with Crippen LogP contribution in [0.4, 0.5) is 0 Å². The van der Waals surface area contributed by atoms with E-state index in [0.29, 0.717) is 11.4 Å². The molecule has 1 rings (SSSR count). The number of halogens is 1. The largest absolute Gasteiger partial charge is 0.192 e. The monoisotopic (exact) mass is 175 g/mol. The van der Waals surface area contributed by atoms with Gasteiger partial charge in [0.15, 0.2) is 0 Å². The highest BCUT2D eigenvalue weighted by Gasteiger charge is 1.94. The first-order valence-corrected chi connectivity index (χ1v) is 3.96. The fourth-order valence-corrected chi connectivity index (χ4v) is 0.885. The zero-order valence-electron chi connectivity index (χ0n) is 6.34. The van der Waals surface area contributed by atoms with E-state index in [1.807, 2.05) is 12.1 Å². The molecule has 0 radical (unpaired) electrons. The van der Waals surface area contributed by atoms with Crippen LogP contribution in [-0.4, -0.2) is 5.88 Å². The second-order valence-corrected chi connectivity index (χ2v) is 2.36. The van der Waals surface area contributed by atoms with Gasteiger partial charge in [-0.25, -0.2) is 0 Å². The number of hydrogen-bond donors (Lipinski definition) is 0. The lowest BCUT2D eigenvalue weighted by Gasteiger charge is -1.91. The predicted octanol–water partition coefficient (Wildman–Crippen LogP) is 2.15. The lowest BCUT2D eigenvalue weighted by atomic mass is 10.1. The van der Waals surface area contributed by atoms with Crippen molar-refractivity contribution < 1.29 is 0 Å². The normalized spacial score (nSPS) is 8.00. The van der Waals surface area contributed by atoms with Crippen molar-refractivity contribution >= 4 is 11.6 Å². The maximum absolute atomic E-state index is 8.67. The Labute approximate surface area is 76.6 Å². The van der Waals surface area contributed by atoms with E-state index < -0.39 is 0 Å². The molecule has 12 heavy (non-hydrogen) atoms. The second kappa shape index (κ2) is 4.44. The smallest absolute Gasteiger partial charge is 0.100 e. The van der Waals surface area contributed by atoms with Crippen molar-refractivity contribution in [3.05, 3.63) is 35.4 Å². The van der Waals surface area contributed by atoms with Crippen molar-refractivity contribution in [1.29, 1.82) is 5.26 Å². The number of alkyl halides is 1. The molecule has 0 atom stereocenters. The van der Waals surface area contributed by atoms with E-state index in [9.17, 15) is 0 Å². The summed E-state index contributed by atoms with van der Waals surface area (Å²) in [4.78, 5) is 0. The predicted molar refractivity (Wildman–Crippen MR) is 48.8 cm³/mol. The fraction of sp³-hybridized carbons (Fsp3) is 0.100. The van der Waals surface area contributed by atoms with Crippen molar-refractivity contribution in [3.8, 4) is 17.9 Å². The third-order valence-corrected chi connectivity index (χ3v) is 1.47. The molecule has 0 aromatic heterocycles. The number of hydrogen-bond acceptors (Lipinski definition) is 1. The maximum atomic E-state index is 8.67. The van der Waals surface area contributed by atoms with Gasteiger partial charge in [0.1, 0.15) is 6.07 Å². The molecule has 0 spiro atoms. The summed E-state index contributed by atoms with van der Waals surface area (Å²) in [6, 6.07) is 9.25. The summed E-state index contributed by atoms with van der Waals surface area (Å²) in [6.07, 6.45) is 0. The van der Waals surface area contributed by atoms with E-state index in [-0.39, 0.29) is 0 Å². The second-order valence-electron chi connectivity index (χ2n) is 2.09. The molecular weight excluding hydrogens is 170 g/mol. The quantitative estimate of drug-likeness (QED) is 0.438. The van der Waals surface area contributed by atoms with E-state index in [1.54, 1.807) is 12.1 Å². The number of nitrogens with zero attached hydrogens (tertiary/aromatic N) is 1. The third-order valence-electron chi connectivity index (χ3n) is 1.34. The Balaban J connectivity index is 3.07. The average Bonchev–Trinajstić information content (AvgIpc) is 2.15. The Hall–Kier alpha value is -1.44. The van der Waals surface area contributed by atoms with Crippen molar-refractivity contribution in [2.75, 3.05) is 5.88 Å². The van der Waals surface area contributed by atoms with Crippen LogP contribution in [0.25, 0.3) is 0 Å².